The normalized spacial score (nSPS) is 16.0. The van der Waals surface area contributed by atoms with Gasteiger partial charge < -0.3 is 14.8 Å². The molecule has 7 nitrogen and oxygen atoms in total. The Morgan fingerprint density at radius 2 is 1.86 bits per heavy atom. The summed E-state index contributed by atoms with van der Waals surface area (Å²) in [6, 6.07) is 16.8. The monoisotopic (exact) mass is 528 g/mol. The summed E-state index contributed by atoms with van der Waals surface area (Å²) in [5.41, 5.74) is 3.12. The Morgan fingerprint density at radius 1 is 1.14 bits per heavy atom. The molecule has 0 saturated heterocycles. The highest BCUT2D eigenvalue weighted by Crippen LogP contribution is 2.39. The molecule has 3 aromatic carbocycles. The number of nitrogens with one attached hydrogen (secondary N) is 1. The Kier molecular flexibility index (Phi) is 7.47. The van der Waals surface area contributed by atoms with E-state index >= 15 is 0 Å². The highest BCUT2D eigenvalue weighted by atomic mass is 35.5. The first-order valence-electron chi connectivity index (χ1n) is 11.6. The maximum absolute atomic E-state index is 13.6. The van der Waals surface area contributed by atoms with Crippen LogP contribution in [0.25, 0.3) is 0 Å². The van der Waals surface area contributed by atoms with Gasteiger partial charge >= 0.3 is 0 Å². The molecule has 1 amide bonds. The van der Waals surface area contributed by atoms with Gasteiger partial charge in [-0.05, 0) is 67.8 Å². The van der Waals surface area contributed by atoms with Crippen LogP contribution in [-0.4, -0.2) is 34.1 Å². The van der Waals surface area contributed by atoms with E-state index in [4.69, 9.17) is 21.1 Å². The van der Waals surface area contributed by atoms with Gasteiger partial charge in [0.15, 0.2) is 6.10 Å². The number of ether oxygens (including phenoxy) is 2. The molecular weight excluding hydrogens is 500 g/mol. The molecule has 1 aliphatic heterocycles. The van der Waals surface area contributed by atoms with Crippen molar-refractivity contribution in [3.63, 3.8) is 0 Å². The summed E-state index contributed by atoms with van der Waals surface area (Å²) in [4.78, 5) is 13.5. The van der Waals surface area contributed by atoms with E-state index < -0.39 is 22.0 Å². The second kappa shape index (κ2) is 10.4. The van der Waals surface area contributed by atoms with Gasteiger partial charge in [-0.1, -0.05) is 48.4 Å². The van der Waals surface area contributed by atoms with Crippen LogP contribution in [0.5, 0.6) is 11.5 Å². The summed E-state index contributed by atoms with van der Waals surface area (Å²) in [7, 11) is -2.36. The van der Waals surface area contributed by atoms with Crippen molar-refractivity contribution in [3.8, 4) is 11.5 Å². The minimum atomic E-state index is -3.97. The molecule has 1 heterocycles. The van der Waals surface area contributed by atoms with Crippen LogP contribution in [0.4, 0.5) is 5.69 Å². The van der Waals surface area contributed by atoms with Crippen molar-refractivity contribution >= 4 is 33.2 Å². The third-order valence-corrected chi connectivity index (χ3v) is 8.27. The zero-order valence-corrected chi connectivity index (χ0v) is 22.2. The van der Waals surface area contributed by atoms with Crippen LogP contribution in [0.1, 0.15) is 36.1 Å². The van der Waals surface area contributed by atoms with E-state index in [9.17, 15) is 13.2 Å². The van der Waals surface area contributed by atoms with E-state index in [-0.39, 0.29) is 23.2 Å². The van der Waals surface area contributed by atoms with Gasteiger partial charge in [0.2, 0.25) is 0 Å². The largest absolute Gasteiger partial charge is 0.496 e. The minimum absolute atomic E-state index is 0.125. The summed E-state index contributed by atoms with van der Waals surface area (Å²) < 4.78 is 39.8. The number of fused-ring (bicyclic) bond motifs is 1. The fourth-order valence-electron chi connectivity index (χ4n) is 4.23. The van der Waals surface area contributed by atoms with Crippen molar-refractivity contribution in [3.05, 3.63) is 82.4 Å². The lowest BCUT2D eigenvalue weighted by atomic mass is 10.0. The van der Waals surface area contributed by atoms with Crippen molar-refractivity contribution in [2.75, 3.05) is 18.0 Å². The molecular formula is C27H29ClN2O5S. The Morgan fingerprint density at radius 3 is 2.50 bits per heavy atom. The summed E-state index contributed by atoms with van der Waals surface area (Å²) in [6.45, 7) is 5.61. The molecule has 9 heteroatoms. The molecule has 0 spiro atoms. The van der Waals surface area contributed by atoms with Crippen LogP contribution in [0.3, 0.4) is 0 Å². The summed E-state index contributed by atoms with van der Waals surface area (Å²) in [6.07, 6.45) is -0.408. The third kappa shape index (κ3) is 5.15. The van der Waals surface area contributed by atoms with Crippen LogP contribution in [0.2, 0.25) is 5.02 Å². The fourth-order valence-corrected chi connectivity index (χ4v) is 5.86. The number of aryl methyl sites for hydroxylation is 2. The first-order chi connectivity index (χ1) is 17.1. The van der Waals surface area contributed by atoms with Gasteiger partial charge in [-0.3, -0.25) is 9.10 Å². The number of nitrogens with zero attached hydrogens (tertiary/aromatic N) is 1. The molecule has 2 atom stereocenters. The van der Waals surface area contributed by atoms with Crippen molar-refractivity contribution < 1.29 is 22.7 Å². The number of rotatable bonds is 7. The number of sulfonamides is 1. The van der Waals surface area contributed by atoms with Gasteiger partial charge in [-0.15, -0.1) is 0 Å². The Balaban J connectivity index is 1.64. The number of amides is 1. The van der Waals surface area contributed by atoms with E-state index in [0.717, 1.165) is 22.4 Å². The number of hydrogen-bond acceptors (Lipinski definition) is 5. The molecule has 0 aliphatic carbocycles. The van der Waals surface area contributed by atoms with Crippen molar-refractivity contribution in [2.45, 2.75) is 44.2 Å². The maximum atomic E-state index is 13.6. The second-order valence-electron chi connectivity index (χ2n) is 8.77. The summed E-state index contributed by atoms with van der Waals surface area (Å²) in [5, 5.41) is 3.39. The van der Waals surface area contributed by atoms with E-state index in [1.54, 1.807) is 43.5 Å². The third-order valence-electron chi connectivity index (χ3n) is 6.24. The van der Waals surface area contributed by atoms with Crippen molar-refractivity contribution in [2.24, 2.45) is 0 Å². The number of benzene rings is 3. The highest BCUT2D eigenvalue weighted by Gasteiger charge is 2.38. The minimum Gasteiger partial charge on any atom is -0.496 e. The molecule has 0 fully saturated rings. The smallest absolute Gasteiger partial charge is 0.264 e. The quantitative estimate of drug-likeness (QED) is 0.456. The first-order valence-corrected chi connectivity index (χ1v) is 13.5. The Bertz CT molecular complexity index is 1380. The zero-order chi connectivity index (χ0) is 26.0. The topological polar surface area (TPSA) is 84.9 Å². The molecule has 36 heavy (non-hydrogen) atoms. The molecule has 1 aliphatic rings. The predicted molar refractivity (Wildman–Crippen MR) is 140 cm³/mol. The molecule has 4 rings (SSSR count). The SMILES string of the molecule is CC[C@H](NC(=O)[C@@H]1CN(S(=O)(=O)c2ccc(C)cc2)c2cc(Cl)ccc2O1)c1ccc(OC)c(C)c1. The van der Waals surface area contributed by atoms with Gasteiger partial charge in [-0.2, -0.15) is 0 Å². The summed E-state index contributed by atoms with van der Waals surface area (Å²) >= 11 is 6.18. The fraction of sp³-hybridized carbons (Fsp3) is 0.296. The lowest BCUT2D eigenvalue weighted by molar-refractivity contribution is -0.128. The van der Waals surface area contributed by atoms with Crippen LogP contribution in [0, 0.1) is 13.8 Å². The summed E-state index contributed by atoms with van der Waals surface area (Å²) in [5.74, 6) is 0.637. The van der Waals surface area contributed by atoms with Crippen LogP contribution < -0.4 is 19.1 Å². The Labute approximate surface area is 217 Å². The number of anilines is 1. The van der Waals surface area contributed by atoms with Crippen LogP contribution in [-0.2, 0) is 14.8 Å². The second-order valence-corrected chi connectivity index (χ2v) is 11.1. The van der Waals surface area contributed by atoms with Crippen LogP contribution in [0.15, 0.2) is 65.6 Å². The molecule has 0 unspecified atom stereocenters. The van der Waals surface area contributed by atoms with Crippen molar-refractivity contribution in [1.82, 2.24) is 5.32 Å². The van der Waals surface area contributed by atoms with Gasteiger partial charge in [0.1, 0.15) is 11.5 Å². The van der Waals surface area contributed by atoms with Crippen molar-refractivity contribution in [1.29, 1.82) is 0 Å². The van der Waals surface area contributed by atoms with Gasteiger partial charge in [0.25, 0.3) is 15.9 Å². The molecule has 0 radical (unpaired) electrons. The van der Waals surface area contributed by atoms with E-state index in [0.29, 0.717) is 17.1 Å². The number of carbonyl (C=O) groups is 1. The number of carbonyl (C=O) groups excluding carboxylic acids is 1. The zero-order valence-electron chi connectivity index (χ0n) is 20.6. The highest BCUT2D eigenvalue weighted by molar-refractivity contribution is 7.92. The van der Waals surface area contributed by atoms with Crippen LogP contribution >= 0.6 is 11.6 Å². The van der Waals surface area contributed by atoms with E-state index in [1.165, 1.54) is 10.4 Å². The molecule has 0 bridgehead atoms. The standard InChI is InChI=1S/C27H29ClN2O5S/c1-5-22(19-8-12-24(34-4)18(3)14-19)29-27(31)26-16-30(23-15-20(28)9-13-25(23)35-26)36(32,33)21-10-6-17(2)7-11-21/h6-15,22,26H,5,16H2,1-4H3,(H,29,31)/t22-,26-/m0/s1. The van der Waals surface area contributed by atoms with E-state index in [2.05, 4.69) is 5.32 Å². The molecule has 0 saturated carbocycles. The number of methoxy groups -OCH3 is 1. The van der Waals surface area contributed by atoms with Gasteiger partial charge in [-0.25, -0.2) is 8.42 Å². The number of hydrogen-bond donors (Lipinski definition) is 1. The average Bonchev–Trinajstić information content (AvgIpc) is 2.86. The van der Waals surface area contributed by atoms with Gasteiger partial charge in [0.05, 0.1) is 30.3 Å². The van der Waals surface area contributed by atoms with E-state index in [1.807, 2.05) is 39.0 Å². The molecule has 3 aromatic rings. The average molecular weight is 529 g/mol. The molecule has 190 valence electrons. The molecule has 0 aromatic heterocycles. The lowest BCUT2D eigenvalue weighted by Gasteiger charge is -2.35. The predicted octanol–water partition coefficient (Wildman–Crippen LogP) is 5.19. The lowest BCUT2D eigenvalue weighted by Crippen LogP contribution is -2.51. The maximum Gasteiger partial charge on any atom is 0.264 e. The Hall–Kier alpha value is -3.23. The first kappa shape index (κ1) is 25.9. The van der Waals surface area contributed by atoms with Gasteiger partial charge in [0, 0.05) is 5.02 Å². The molecule has 1 N–H and O–H groups in total. The number of halogens is 1.